The molecule has 2 heterocycles. The van der Waals surface area contributed by atoms with E-state index in [0.29, 0.717) is 10.9 Å². The summed E-state index contributed by atoms with van der Waals surface area (Å²) in [7, 11) is 2.99. The third kappa shape index (κ3) is 4.71. The first-order valence-electron chi connectivity index (χ1n) is 9.87. The summed E-state index contributed by atoms with van der Waals surface area (Å²) >= 11 is 1.16. The number of anilines is 1. The van der Waals surface area contributed by atoms with Crippen molar-refractivity contribution in [1.29, 1.82) is 0 Å². The van der Waals surface area contributed by atoms with E-state index in [1.54, 1.807) is 7.05 Å². The Bertz CT molecular complexity index is 1280. The highest BCUT2D eigenvalue weighted by atomic mass is 32.2. The first-order valence-corrected chi connectivity index (χ1v) is 10.9. The van der Waals surface area contributed by atoms with E-state index in [4.69, 9.17) is 0 Å². The lowest BCUT2D eigenvalue weighted by atomic mass is 9.96. The number of thioether (sulfide) groups is 1. The summed E-state index contributed by atoms with van der Waals surface area (Å²) in [6.45, 7) is 9.80. The Morgan fingerprint density at radius 1 is 1.03 bits per heavy atom. The van der Waals surface area contributed by atoms with E-state index in [1.165, 1.54) is 11.6 Å². The second-order valence-corrected chi connectivity index (χ2v) is 9.68. The molecule has 31 heavy (non-hydrogen) atoms. The molecule has 0 aliphatic carbocycles. The van der Waals surface area contributed by atoms with Gasteiger partial charge in [0.2, 0.25) is 5.91 Å². The molecule has 0 aliphatic heterocycles. The molecule has 3 aromatic rings. The molecule has 9 heteroatoms. The van der Waals surface area contributed by atoms with Crippen LogP contribution in [0.15, 0.2) is 32.8 Å². The molecule has 0 unspecified atom stereocenters. The lowest BCUT2D eigenvalue weighted by Crippen LogP contribution is -2.38. The molecular formula is C22H27N5O3S. The van der Waals surface area contributed by atoms with E-state index in [9.17, 15) is 14.4 Å². The van der Waals surface area contributed by atoms with Gasteiger partial charge in [-0.15, -0.1) is 0 Å². The minimum atomic E-state index is -0.476. The van der Waals surface area contributed by atoms with Crippen LogP contribution in [0.3, 0.4) is 0 Å². The van der Waals surface area contributed by atoms with E-state index >= 15 is 0 Å². The lowest BCUT2D eigenvalue weighted by molar-refractivity contribution is -0.113. The fourth-order valence-electron chi connectivity index (χ4n) is 3.25. The average Bonchev–Trinajstić information content (AvgIpc) is 2.66. The van der Waals surface area contributed by atoms with Crippen molar-refractivity contribution in [2.24, 2.45) is 14.1 Å². The van der Waals surface area contributed by atoms with Crippen LogP contribution >= 0.6 is 11.8 Å². The number of nitrogens with one attached hydrogen (secondary N) is 1. The Morgan fingerprint density at radius 3 is 2.23 bits per heavy atom. The zero-order valence-electron chi connectivity index (χ0n) is 18.9. The van der Waals surface area contributed by atoms with Gasteiger partial charge in [0.05, 0.1) is 5.75 Å². The minimum absolute atomic E-state index is 0.0642. The Balaban J connectivity index is 2.01. The first kappa shape index (κ1) is 22.7. The molecule has 0 bridgehead atoms. The number of fused-ring (bicyclic) bond motifs is 1. The molecule has 2 aromatic heterocycles. The van der Waals surface area contributed by atoms with Gasteiger partial charge in [-0.2, -0.15) is 0 Å². The van der Waals surface area contributed by atoms with E-state index in [0.717, 1.165) is 33.1 Å². The van der Waals surface area contributed by atoms with Gasteiger partial charge in [-0.05, 0) is 37.1 Å². The molecule has 0 atom stereocenters. The zero-order chi connectivity index (χ0) is 23.1. The van der Waals surface area contributed by atoms with Crippen molar-refractivity contribution in [2.75, 3.05) is 11.1 Å². The van der Waals surface area contributed by atoms with Crippen molar-refractivity contribution in [1.82, 2.24) is 19.1 Å². The quantitative estimate of drug-likeness (QED) is 0.494. The second-order valence-electron chi connectivity index (χ2n) is 8.72. The molecule has 164 valence electrons. The number of carbonyl (C=O) groups is 1. The number of carbonyl (C=O) groups excluding carboxylic acids is 1. The first-order chi connectivity index (χ1) is 14.4. The smallest absolute Gasteiger partial charge is 0.325 e. The standard InChI is InChI=1S/C22H27N5O3S/c1-12-8-13(2)10-14(9-12)23-15(28)11-31-18-16-17(24-20(25-18)22(3,4)5)26(6)21(30)27(7)19(16)29/h8-10H,11H2,1-7H3,(H,23,28). The summed E-state index contributed by atoms with van der Waals surface area (Å²) in [5.41, 5.74) is 1.78. The number of aromatic nitrogens is 4. The molecule has 8 nitrogen and oxygen atoms in total. The Kier molecular flexibility index (Phi) is 6.09. The van der Waals surface area contributed by atoms with Crippen LogP contribution in [0.2, 0.25) is 0 Å². The number of rotatable bonds is 4. The van der Waals surface area contributed by atoms with Gasteiger partial charge in [-0.25, -0.2) is 14.8 Å². The number of hydrogen-bond acceptors (Lipinski definition) is 6. The Labute approximate surface area is 184 Å². The topological polar surface area (TPSA) is 98.9 Å². The monoisotopic (exact) mass is 441 g/mol. The second kappa shape index (κ2) is 8.30. The van der Waals surface area contributed by atoms with Gasteiger partial charge in [-0.1, -0.05) is 38.6 Å². The maximum atomic E-state index is 12.8. The normalized spacial score (nSPS) is 11.7. The van der Waals surface area contributed by atoms with Gasteiger partial charge in [0.25, 0.3) is 5.56 Å². The Morgan fingerprint density at radius 2 is 1.65 bits per heavy atom. The lowest BCUT2D eigenvalue weighted by Gasteiger charge is -2.19. The van der Waals surface area contributed by atoms with Crippen LogP contribution in [-0.2, 0) is 24.3 Å². The van der Waals surface area contributed by atoms with Crippen LogP contribution in [-0.4, -0.2) is 30.8 Å². The molecule has 0 saturated heterocycles. The van der Waals surface area contributed by atoms with Crippen molar-refractivity contribution in [2.45, 2.75) is 45.1 Å². The van der Waals surface area contributed by atoms with E-state index < -0.39 is 16.7 Å². The van der Waals surface area contributed by atoms with E-state index in [1.807, 2.05) is 52.8 Å². The summed E-state index contributed by atoms with van der Waals surface area (Å²) < 4.78 is 2.37. The van der Waals surface area contributed by atoms with Crippen LogP contribution < -0.4 is 16.6 Å². The molecule has 0 aliphatic rings. The molecule has 0 radical (unpaired) electrons. The van der Waals surface area contributed by atoms with Crippen molar-refractivity contribution in [3.05, 3.63) is 56.0 Å². The van der Waals surface area contributed by atoms with Gasteiger partial charge in [0, 0.05) is 25.2 Å². The highest BCUT2D eigenvalue weighted by Crippen LogP contribution is 2.27. The SMILES string of the molecule is Cc1cc(C)cc(NC(=O)CSc2nc(C(C)(C)C)nc3c2c(=O)n(C)c(=O)n3C)c1. The Hall–Kier alpha value is -2.94. The van der Waals surface area contributed by atoms with Crippen LogP contribution in [0.25, 0.3) is 11.0 Å². The largest absolute Gasteiger partial charge is 0.332 e. The summed E-state index contributed by atoms with van der Waals surface area (Å²) in [6.07, 6.45) is 0. The predicted molar refractivity (Wildman–Crippen MR) is 124 cm³/mol. The fraction of sp³-hybridized carbons (Fsp3) is 0.409. The summed E-state index contributed by atoms with van der Waals surface area (Å²) in [4.78, 5) is 46.9. The van der Waals surface area contributed by atoms with Crippen molar-refractivity contribution >= 4 is 34.4 Å². The van der Waals surface area contributed by atoms with Gasteiger partial charge < -0.3 is 5.32 Å². The third-order valence-corrected chi connectivity index (χ3v) is 5.76. The molecule has 3 rings (SSSR count). The number of nitrogens with zero attached hydrogens (tertiary/aromatic N) is 4. The number of aryl methyl sites for hydroxylation is 3. The fourth-order valence-corrected chi connectivity index (χ4v) is 4.06. The van der Waals surface area contributed by atoms with E-state index in [2.05, 4.69) is 15.3 Å². The van der Waals surface area contributed by atoms with Gasteiger partial charge >= 0.3 is 5.69 Å². The molecule has 1 amide bonds. The van der Waals surface area contributed by atoms with Crippen LogP contribution in [0, 0.1) is 13.8 Å². The van der Waals surface area contributed by atoms with Gasteiger partial charge in [0.15, 0.2) is 5.65 Å². The molecule has 1 aromatic carbocycles. The molecule has 1 N–H and O–H groups in total. The van der Waals surface area contributed by atoms with Crippen molar-refractivity contribution < 1.29 is 4.79 Å². The van der Waals surface area contributed by atoms with Crippen LogP contribution in [0.5, 0.6) is 0 Å². The van der Waals surface area contributed by atoms with Gasteiger partial charge in [0.1, 0.15) is 16.2 Å². The maximum absolute atomic E-state index is 12.8. The molecular weight excluding hydrogens is 414 g/mol. The van der Waals surface area contributed by atoms with Crippen molar-refractivity contribution in [3.63, 3.8) is 0 Å². The number of amides is 1. The van der Waals surface area contributed by atoms with Crippen LogP contribution in [0.4, 0.5) is 5.69 Å². The molecule has 0 fully saturated rings. The van der Waals surface area contributed by atoms with Crippen molar-refractivity contribution in [3.8, 4) is 0 Å². The molecule has 0 saturated carbocycles. The highest BCUT2D eigenvalue weighted by Gasteiger charge is 2.24. The van der Waals surface area contributed by atoms with E-state index in [-0.39, 0.29) is 22.7 Å². The summed E-state index contributed by atoms with van der Waals surface area (Å²) in [6, 6.07) is 5.84. The van der Waals surface area contributed by atoms with Gasteiger partial charge in [-0.3, -0.25) is 18.7 Å². The number of benzene rings is 1. The van der Waals surface area contributed by atoms with Crippen LogP contribution in [0.1, 0.15) is 37.7 Å². The summed E-state index contributed by atoms with van der Waals surface area (Å²) in [5, 5.41) is 3.52. The number of hydrogen-bond donors (Lipinski definition) is 1. The average molecular weight is 442 g/mol. The zero-order valence-corrected chi connectivity index (χ0v) is 19.7. The predicted octanol–water partition coefficient (Wildman–Crippen LogP) is 2.67. The summed E-state index contributed by atoms with van der Waals surface area (Å²) in [5.74, 6) is 0.357. The minimum Gasteiger partial charge on any atom is -0.325 e. The third-order valence-electron chi connectivity index (χ3n) is 4.78. The molecule has 0 spiro atoms. The highest BCUT2D eigenvalue weighted by molar-refractivity contribution is 8.00. The maximum Gasteiger partial charge on any atom is 0.332 e.